The molecule has 0 heterocycles. The minimum atomic E-state index is -1.15. The summed E-state index contributed by atoms with van der Waals surface area (Å²) in [4.78, 5) is 22.6. The molecule has 0 aliphatic heterocycles. The summed E-state index contributed by atoms with van der Waals surface area (Å²) in [6.45, 7) is 3.44. The molecule has 1 aromatic carbocycles. The third-order valence-electron chi connectivity index (χ3n) is 2.48. The SMILES string of the molecule is C=CCOC(=O)Cc1c(Cl)c(Cl)c(Cl)c(Cl)c1CC(=O)O. The molecule has 1 rings (SSSR count). The van der Waals surface area contributed by atoms with Gasteiger partial charge < -0.3 is 9.84 Å². The lowest BCUT2D eigenvalue weighted by Crippen LogP contribution is -2.13. The van der Waals surface area contributed by atoms with Gasteiger partial charge in [-0.1, -0.05) is 59.1 Å². The Morgan fingerprint density at radius 3 is 1.90 bits per heavy atom. The van der Waals surface area contributed by atoms with E-state index >= 15 is 0 Å². The summed E-state index contributed by atoms with van der Waals surface area (Å²) in [7, 11) is 0. The highest BCUT2D eigenvalue weighted by Gasteiger charge is 2.23. The van der Waals surface area contributed by atoms with Gasteiger partial charge in [-0.25, -0.2) is 0 Å². The second-order valence-corrected chi connectivity index (χ2v) is 5.44. The van der Waals surface area contributed by atoms with Crippen molar-refractivity contribution >= 4 is 58.3 Å². The summed E-state index contributed by atoms with van der Waals surface area (Å²) in [5.41, 5.74) is 0.326. The van der Waals surface area contributed by atoms with Gasteiger partial charge in [-0.05, 0) is 11.1 Å². The molecule has 0 spiro atoms. The Morgan fingerprint density at radius 2 is 1.48 bits per heavy atom. The summed E-state index contributed by atoms with van der Waals surface area (Å²) in [6, 6.07) is 0. The second-order valence-electron chi connectivity index (χ2n) is 3.93. The van der Waals surface area contributed by atoms with Crippen LogP contribution < -0.4 is 0 Å². The van der Waals surface area contributed by atoms with Gasteiger partial charge >= 0.3 is 11.9 Å². The third kappa shape index (κ3) is 4.51. The van der Waals surface area contributed by atoms with Crippen LogP contribution in [-0.4, -0.2) is 23.7 Å². The largest absolute Gasteiger partial charge is 0.481 e. The lowest BCUT2D eigenvalue weighted by Gasteiger charge is -2.15. The maximum atomic E-state index is 11.7. The minimum Gasteiger partial charge on any atom is -0.481 e. The number of carboxylic acids is 1. The number of hydrogen-bond donors (Lipinski definition) is 1. The van der Waals surface area contributed by atoms with Crippen molar-refractivity contribution in [1.29, 1.82) is 0 Å². The molecular formula is C13H10Cl4O4. The molecule has 0 saturated heterocycles. The van der Waals surface area contributed by atoms with Crippen LogP contribution in [0.1, 0.15) is 11.1 Å². The molecule has 0 atom stereocenters. The lowest BCUT2D eigenvalue weighted by atomic mass is 10.0. The molecule has 1 N–H and O–H groups in total. The van der Waals surface area contributed by atoms with Crippen molar-refractivity contribution in [2.24, 2.45) is 0 Å². The van der Waals surface area contributed by atoms with Crippen LogP contribution in [-0.2, 0) is 27.2 Å². The molecule has 0 amide bonds. The summed E-state index contributed by atoms with van der Waals surface area (Å²) in [5, 5.41) is 8.79. The van der Waals surface area contributed by atoms with Crippen LogP contribution in [0.15, 0.2) is 12.7 Å². The van der Waals surface area contributed by atoms with Crippen molar-refractivity contribution in [3.8, 4) is 0 Å². The van der Waals surface area contributed by atoms with Crippen LogP contribution in [0.5, 0.6) is 0 Å². The number of carbonyl (C=O) groups is 2. The molecule has 0 saturated carbocycles. The first kappa shape index (κ1) is 18.1. The smallest absolute Gasteiger partial charge is 0.310 e. The summed E-state index contributed by atoms with van der Waals surface area (Å²) in [5.74, 6) is -1.76. The first-order valence-electron chi connectivity index (χ1n) is 5.61. The number of aliphatic carboxylic acids is 1. The zero-order valence-corrected chi connectivity index (χ0v) is 13.6. The molecule has 0 unspecified atom stereocenters. The van der Waals surface area contributed by atoms with Gasteiger partial charge in [-0.15, -0.1) is 0 Å². The first-order chi connectivity index (χ1) is 9.79. The molecule has 0 bridgehead atoms. The fourth-order valence-corrected chi connectivity index (χ4v) is 2.65. The van der Waals surface area contributed by atoms with Crippen molar-refractivity contribution in [2.75, 3.05) is 6.61 Å². The number of carbonyl (C=O) groups excluding carboxylic acids is 1. The van der Waals surface area contributed by atoms with E-state index in [1.807, 2.05) is 0 Å². The van der Waals surface area contributed by atoms with Gasteiger partial charge in [0.2, 0.25) is 0 Å². The third-order valence-corrected chi connectivity index (χ3v) is 4.36. The zero-order chi connectivity index (χ0) is 16.2. The predicted molar refractivity (Wildman–Crippen MR) is 82.7 cm³/mol. The van der Waals surface area contributed by atoms with Crippen LogP contribution >= 0.6 is 46.4 Å². The molecular weight excluding hydrogens is 362 g/mol. The maximum Gasteiger partial charge on any atom is 0.310 e. The van der Waals surface area contributed by atoms with Gasteiger partial charge in [0.25, 0.3) is 0 Å². The molecule has 8 heteroatoms. The van der Waals surface area contributed by atoms with Crippen molar-refractivity contribution in [1.82, 2.24) is 0 Å². The molecule has 0 fully saturated rings. The normalized spacial score (nSPS) is 10.3. The molecule has 4 nitrogen and oxygen atoms in total. The highest BCUT2D eigenvalue weighted by molar-refractivity contribution is 6.52. The number of hydrogen-bond acceptors (Lipinski definition) is 3. The monoisotopic (exact) mass is 370 g/mol. The fourth-order valence-electron chi connectivity index (χ4n) is 1.59. The predicted octanol–water partition coefficient (Wildman–Crippen LogP) is 4.20. The molecule has 0 radical (unpaired) electrons. The average Bonchev–Trinajstić information content (AvgIpc) is 2.43. The molecule has 1 aromatic rings. The van der Waals surface area contributed by atoms with E-state index in [1.165, 1.54) is 6.08 Å². The molecule has 114 valence electrons. The molecule has 0 aliphatic carbocycles. The first-order valence-corrected chi connectivity index (χ1v) is 7.12. The topological polar surface area (TPSA) is 63.6 Å². The van der Waals surface area contributed by atoms with Gasteiger partial charge in [0.15, 0.2) is 0 Å². The summed E-state index contributed by atoms with van der Waals surface area (Å²) < 4.78 is 4.84. The number of esters is 1. The second kappa shape index (κ2) is 7.90. The number of carboxylic acid groups (broad SMARTS) is 1. The van der Waals surface area contributed by atoms with E-state index in [1.54, 1.807) is 0 Å². The fraction of sp³-hybridized carbons (Fsp3) is 0.231. The molecule has 0 aliphatic rings. The van der Waals surface area contributed by atoms with Crippen LogP contribution in [0.2, 0.25) is 20.1 Å². The van der Waals surface area contributed by atoms with Crippen LogP contribution in [0.3, 0.4) is 0 Å². The molecule has 21 heavy (non-hydrogen) atoms. The average molecular weight is 372 g/mol. The Bertz CT molecular complexity index is 599. The van der Waals surface area contributed by atoms with Crippen molar-refractivity contribution in [2.45, 2.75) is 12.8 Å². The molecule has 0 aromatic heterocycles. The Morgan fingerprint density at radius 1 is 1.00 bits per heavy atom. The van der Waals surface area contributed by atoms with Crippen molar-refractivity contribution in [3.63, 3.8) is 0 Å². The minimum absolute atomic E-state index is 0.0159. The Labute approximate surface area is 141 Å². The Hall–Kier alpha value is -0.940. The van der Waals surface area contributed by atoms with Gasteiger partial charge in [0.1, 0.15) is 6.61 Å². The zero-order valence-electron chi connectivity index (χ0n) is 10.6. The summed E-state index contributed by atoms with van der Waals surface area (Å²) >= 11 is 23.9. The van der Waals surface area contributed by atoms with E-state index in [2.05, 4.69) is 6.58 Å². The number of ether oxygens (including phenoxy) is 1. The van der Waals surface area contributed by atoms with E-state index in [9.17, 15) is 9.59 Å². The standard InChI is InChI=1S/C13H10Cl4O4/c1-2-3-21-9(20)5-7-6(4-8(18)19)10(14)12(16)13(17)11(7)15/h2H,1,3-5H2,(H,18,19). The van der Waals surface area contributed by atoms with E-state index in [0.717, 1.165) is 0 Å². The highest BCUT2D eigenvalue weighted by Crippen LogP contribution is 2.42. The quantitative estimate of drug-likeness (QED) is 0.352. The maximum absolute atomic E-state index is 11.7. The highest BCUT2D eigenvalue weighted by atomic mass is 35.5. The summed E-state index contributed by atoms with van der Waals surface area (Å²) in [6.07, 6.45) is 0.685. The van der Waals surface area contributed by atoms with E-state index < -0.39 is 18.4 Å². The van der Waals surface area contributed by atoms with E-state index in [0.29, 0.717) is 0 Å². The van der Waals surface area contributed by atoms with Gasteiger partial charge in [0.05, 0.1) is 32.9 Å². The Kier molecular flexibility index (Phi) is 6.81. The Balaban J connectivity index is 3.30. The number of halogens is 4. The van der Waals surface area contributed by atoms with Gasteiger partial charge in [0, 0.05) is 0 Å². The van der Waals surface area contributed by atoms with E-state index in [4.69, 9.17) is 56.2 Å². The number of rotatable bonds is 6. The van der Waals surface area contributed by atoms with Crippen LogP contribution in [0.25, 0.3) is 0 Å². The van der Waals surface area contributed by atoms with Crippen LogP contribution in [0, 0.1) is 0 Å². The van der Waals surface area contributed by atoms with Gasteiger partial charge in [-0.3, -0.25) is 9.59 Å². The number of benzene rings is 1. The van der Waals surface area contributed by atoms with Crippen molar-refractivity contribution in [3.05, 3.63) is 43.9 Å². The van der Waals surface area contributed by atoms with Gasteiger partial charge in [-0.2, -0.15) is 0 Å². The van der Waals surface area contributed by atoms with Crippen molar-refractivity contribution < 1.29 is 19.4 Å². The van der Waals surface area contributed by atoms with E-state index in [-0.39, 0.29) is 44.2 Å². The lowest BCUT2D eigenvalue weighted by molar-refractivity contribution is -0.141. The van der Waals surface area contributed by atoms with Crippen LogP contribution in [0.4, 0.5) is 0 Å².